The van der Waals surface area contributed by atoms with Crippen molar-refractivity contribution in [3.05, 3.63) is 83.9 Å². The van der Waals surface area contributed by atoms with E-state index >= 15 is 0 Å². The number of carbonyl (C=O) groups excluding carboxylic acids is 2. The van der Waals surface area contributed by atoms with Crippen molar-refractivity contribution in [2.75, 3.05) is 29.1 Å². The highest BCUT2D eigenvalue weighted by Crippen LogP contribution is 2.18. The molecule has 6 heteroatoms. The molecule has 0 unspecified atom stereocenters. The molecule has 3 aromatic carbocycles. The fourth-order valence-electron chi connectivity index (χ4n) is 3.61. The first kappa shape index (κ1) is 25.8. The first-order valence-electron chi connectivity index (χ1n) is 12.3. The van der Waals surface area contributed by atoms with Crippen molar-refractivity contribution in [2.45, 2.75) is 46.0 Å². The van der Waals surface area contributed by atoms with Gasteiger partial charge in [-0.3, -0.25) is 9.59 Å². The summed E-state index contributed by atoms with van der Waals surface area (Å²) in [5.74, 6) is 0.468. The smallest absolute Gasteiger partial charge is 0.255 e. The van der Waals surface area contributed by atoms with E-state index in [4.69, 9.17) is 4.74 Å². The fraction of sp³-hybridized carbons (Fsp3) is 0.310. The lowest BCUT2D eigenvalue weighted by Crippen LogP contribution is -2.21. The Morgan fingerprint density at radius 1 is 0.771 bits per heavy atom. The molecule has 0 bridgehead atoms. The van der Waals surface area contributed by atoms with Gasteiger partial charge in [0.05, 0.1) is 13.2 Å². The molecule has 3 N–H and O–H groups in total. The van der Waals surface area contributed by atoms with Crippen LogP contribution >= 0.6 is 0 Å². The van der Waals surface area contributed by atoms with Crippen molar-refractivity contribution in [1.29, 1.82) is 0 Å². The third-order valence-electron chi connectivity index (χ3n) is 5.51. The molecule has 184 valence electrons. The predicted molar refractivity (Wildman–Crippen MR) is 143 cm³/mol. The molecule has 0 aromatic heterocycles. The van der Waals surface area contributed by atoms with E-state index in [0.29, 0.717) is 23.5 Å². The lowest BCUT2D eigenvalue weighted by Gasteiger charge is -2.11. The van der Waals surface area contributed by atoms with E-state index in [2.05, 4.69) is 22.9 Å². The molecule has 0 aliphatic heterocycles. The van der Waals surface area contributed by atoms with Crippen LogP contribution in [-0.4, -0.2) is 25.0 Å². The number of unbranched alkanes of at least 4 members (excludes halogenated alkanes) is 4. The summed E-state index contributed by atoms with van der Waals surface area (Å²) >= 11 is 0. The number of aryl methyl sites for hydroxylation is 1. The van der Waals surface area contributed by atoms with Crippen molar-refractivity contribution in [1.82, 2.24) is 0 Å². The summed E-state index contributed by atoms with van der Waals surface area (Å²) in [4.78, 5) is 24.8. The highest BCUT2D eigenvalue weighted by molar-refractivity contribution is 6.04. The monoisotopic (exact) mass is 473 g/mol. The summed E-state index contributed by atoms with van der Waals surface area (Å²) in [6, 6.07) is 22.1. The molecule has 0 saturated carbocycles. The molecule has 35 heavy (non-hydrogen) atoms. The molecule has 0 saturated heterocycles. The summed E-state index contributed by atoms with van der Waals surface area (Å²) in [6.45, 7) is 4.99. The largest absolute Gasteiger partial charge is 0.494 e. The Kier molecular flexibility index (Phi) is 10.2. The third kappa shape index (κ3) is 9.16. The summed E-state index contributed by atoms with van der Waals surface area (Å²) in [7, 11) is 0. The Balaban J connectivity index is 1.41. The van der Waals surface area contributed by atoms with Gasteiger partial charge in [0.25, 0.3) is 5.91 Å². The van der Waals surface area contributed by atoms with Gasteiger partial charge in [0.2, 0.25) is 5.91 Å². The number of nitrogens with one attached hydrogen (secondary N) is 3. The van der Waals surface area contributed by atoms with Gasteiger partial charge >= 0.3 is 0 Å². The Morgan fingerprint density at radius 2 is 1.49 bits per heavy atom. The SMILES string of the molecule is CCCCCCCOc1cccc(NCC(=O)Nc2ccc(NC(=O)c3cccc(C)c3)cc2)c1. The molecule has 0 aliphatic carbocycles. The van der Waals surface area contributed by atoms with E-state index < -0.39 is 0 Å². The Morgan fingerprint density at radius 3 is 2.23 bits per heavy atom. The Bertz CT molecular complexity index is 1100. The Labute approximate surface area is 208 Å². The first-order valence-corrected chi connectivity index (χ1v) is 12.3. The maximum absolute atomic E-state index is 12.4. The second-order valence-corrected chi connectivity index (χ2v) is 8.59. The van der Waals surface area contributed by atoms with Gasteiger partial charge in [-0.25, -0.2) is 0 Å². The highest BCUT2D eigenvalue weighted by atomic mass is 16.5. The van der Waals surface area contributed by atoms with Gasteiger partial charge in [-0.05, 0) is 61.9 Å². The molecule has 2 amide bonds. The zero-order chi connectivity index (χ0) is 24.9. The molecule has 0 aliphatic rings. The van der Waals surface area contributed by atoms with Crippen LogP contribution in [0.4, 0.5) is 17.1 Å². The molecule has 0 radical (unpaired) electrons. The van der Waals surface area contributed by atoms with Gasteiger partial charge in [0.15, 0.2) is 0 Å². The average Bonchev–Trinajstić information content (AvgIpc) is 2.86. The fourth-order valence-corrected chi connectivity index (χ4v) is 3.61. The van der Waals surface area contributed by atoms with Gasteiger partial charge in [-0.15, -0.1) is 0 Å². The maximum atomic E-state index is 12.4. The van der Waals surface area contributed by atoms with Crippen LogP contribution in [0, 0.1) is 6.92 Å². The summed E-state index contributed by atoms with van der Waals surface area (Å²) in [6.07, 6.45) is 6.00. The molecule has 0 spiro atoms. The molecule has 3 aromatic rings. The number of rotatable bonds is 13. The van der Waals surface area contributed by atoms with E-state index in [1.807, 2.05) is 49.4 Å². The molecule has 0 heterocycles. The Hall–Kier alpha value is -3.80. The van der Waals surface area contributed by atoms with Crippen molar-refractivity contribution < 1.29 is 14.3 Å². The third-order valence-corrected chi connectivity index (χ3v) is 5.51. The van der Waals surface area contributed by atoms with Crippen molar-refractivity contribution in [3.8, 4) is 5.75 Å². The summed E-state index contributed by atoms with van der Waals surface area (Å²) < 4.78 is 5.83. The lowest BCUT2D eigenvalue weighted by molar-refractivity contribution is -0.114. The molecule has 6 nitrogen and oxygen atoms in total. The van der Waals surface area contributed by atoms with Crippen molar-refractivity contribution in [3.63, 3.8) is 0 Å². The van der Waals surface area contributed by atoms with Crippen LogP contribution in [0.2, 0.25) is 0 Å². The number of anilines is 3. The quantitative estimate of drug-likeness (QED) is 0.243. The molecule has 0 atom stereocenters. The van der Waals surface area contributed by atoms with Crippen LogP contribution in [-0.2, 0) is 4.79 Å². The van der Waals surface area contributed by atoms with E-state index in [0.717, 1.165) is 23.4 Å². The van der Waals surface area contributed by atoms with Crippen LogP contribution in [0.15, 0.2) is 72.8 Å². The molecular weight excluding hydrogens is 438 g/mol. The van der Waals surface area contributed by atoms with E-state index in [1.54, 1.807) is 30.3 Å². The van der Waals surface area contributed by atoms with E-state index in [1.165, 1.54) is 25.7 Å². The van der Waals surface area contributed by atoms with E-state index in [-0.39, 0.29) is 18.4 Å². The van der Waals surface area contributed by atoms with Gasteiger partial charge in [-0.1, -0.05) is 56.4 Å². The number of ether oxygens (including phenoxy) is 1. The summed E-state index contributed by atoms with van der Waals surface area (Å²) in [5.41, 5.74) is 3.79. The van der Waals surface area contributed by atoms with E-state index in [9.17, 15) is 9.59 Å². The zero-order valence-electron chi connectivity index (χ0n) is 20.6. The van der Waals surface area contributed by atoms with Crippen LogP contribution in [0.3, 0.4) is 0 Å². The summed E-state index contributed by atoms with van der Waals surface area (Å²) in [5, 5.41) is 8.86. The van der Waals surface area contributed by atoms with Crippen LogP contribution < -0.4 is 20.7 Å². The molecule has 0 fully saturated rings. The normalized spacial score (nSPS) is 10.5. The van der Waals surface area contributed by atoms with Crippen molar-refractivity contribution in [2.24, 2.45) is 0 Å². The average molecular weight is 474 g/mol. The number of benzene rings is 3. The number of hydrogen-bond donors (Lipinski definition) is 3. The second kappa shape index (κ2) is 13.8. The second-order valence-electron chi connectivity index (χ2n) is 8.59. The minimum Gasteiger partial charge on any atom is -0.494 e. The van der Waals surface area contributed by atoms with Crippen LogP contribution in [0.5, 0.6) is 5.75 Å². The number of hydrogen-bond acceptors (Lipinski definition) is 4. The minimum atomic E-state index is -0.169. The number of amides is 2. The number of carbonyl (C=O) groups is 2. The first-order chi connectivity index (χ1) is 17.0. The van der Waals surface area contributed by atoms with Crippen LogP contribution in [0.25, 0.3) is 0 Å². The standard InChI is InChI=1S/C29H35N3O3/c1-3-4-5-6-7-18-35-27-13-9-12-26(20-27)30-21-28(33)31-24-14-16-25(17-15-24)32-29(34)23-11-8-10-22(2)19-23/h8-17,19-20,30H,3-7,18,21H2,1-2H3,(H,31,33)(H,32,34). The lowest BCUT2D eigenvalue weighted by atomic mass is 10.1. The molecular formula is C29H35N3O3. The maximum Gasteiger partial charge on any atom is 0.255 e. The highest BCUT2D eigenvalue weighted by Gasteiger charge is 2.07. The zero-order valence-corrected chi connectivity index (χ0v) is 20.6. The molecule has 3 rings (SSSR count). The predicted octanol–water partition coefficient (Wildman–Crippen LogP) is 6.65. The van der Waals surface area contributed by atoms with Crippen LogP contribution in [0.1, 0.15) is 54.9 Å². The topological polar surface area (TPSA) is 79.5 Å². The van der Waals surface area contributed by atoms with Gasteiger partial charge in [-0.2, -0.15) is 0 Å². The van der Waals surface area contributed by atoms with Gasteiger partial charge < -0.3 is 20.7 Å². The van der Waals surface area contributed by atoms with Crippen molar-refractivity contribution >= 4 is 28.9 Å². The minimum absolute atomic E-state index is 0.131. The van der Waals surface area contributed by atoms with Gasteiger partial charge in [0, 0.05) is 28.7 Å². The van der Waals surface area contributed by atoms with Gasteiger partial charge in [0.1, 0.15) is 5.75 Å².